The van der Waals surface area contributed by atoms with E-state index in [9.17, 15) is 0 Å². The molecule has 0 fully saturated rings. The van der Waals surface area contributed by atoms with E-state index in [1.807, 2.05) is 30.6 Å². The molecule has 0 saturated carbocycles. The number of nitrogens with two attached hydrogens (primary N) is 1. The molecule has 3 N–H and O–H groups in total. The van der Waals surface area contributed by atoms with Gasteiger partial charge in [0.1, 0.15) is 25.0 Å². The number of hydrogen-bond acceptors (Lipinski definition) is 3. The van der Waals surface area contributed by atoms with Crippen molar-refractivity contribution in [2.75, 3.05) is 12.8 Å². The fraction of sp³-hybridized carbons (Fsp3) is 0.200. The zero-order chi connectivity index (χ0) is 14.0. The lowest BCUT2D eigenvalue weighted by molar-refractivity contribution is -0.779. The molecule has 1 unspecified atom stereocenters. The maximum absolute atomic E-state index is 5.85. The van der Waals surface area contributed by atoms with E-state index < -0.39 is 0 Å². The summed E-state index contributed by atoms with van der Waals surface area (Å²) in [6.07, 6.45) is 8.28. The number of nitrogen functional groups attached to an aromatic ring is 1. The van der Waals surface area contributed by atoms with Crippen LogP contribution in [0.5, 0.6) is 0 Å². The second-order valence-electron chi connectivity index (χ2n) is 5.23. The number of nitrogens with one attached hydrogen (secondary N) is 1. The molecule has 1 aromatic carbocycles. The van der Waals surface area contributed by atoms with Gasteiger partial charge in [-0.2, -0.15) is 0 Å². The Morgan fingerprint density at radius 2 is 2.25 bits per heavy atom. The van der Waals surface area contributed by atoms with Crippen LogP contribution in [0.2, 0.25) is 0 Å². The molecule has 0 bridgehead atoms. The third kappa shape index (κ3) is 2.48. The summed E-state index contributed by atoms with van der Waals surface area (Å²) in [5.74, 6) is 2.01. The molecule has 102 valence electrons. The Morgan fingerprint density at radius 1 is 1.35 bits per heavy atom. The first kappa shape index (κ1) is 12.6. The van der Waals surface area contributed by atoms with Gasteiger partial charge in [0.2, 0.25) is 5.84 Å². The van der Waals surface area contributed by atoms with Gasteiger partial charge in [0.15, 0.2) is 0 Å². The second-order valence-corrected chi connectivity index (χ2v) is 5.23. The van der Waals surface area contributed by atoms with Crippen LogP contribution < -0.4 is 5.73 Å². The molecule has 0 saturated heterocycles. The van der Waals surface area contributed by atoms with Crippen LogP contribution in [0.1, 0.15) is 11.4 Å². The van der Waals surface area contributed by atoms with E-state index in [0.717, 1.165) is 30.3 Å². The van der Waals surface area contributed by atoms with Crippen LogP contribution >= 0.6 is 0 Å². The summed E-state index contributed by atoms with van der Waals surface area (Å²) in [4.78, 5) is 11.9. The number of benzene rings is 1. The molecule has 1 aromatic heterocycles. The molecular formula is C15H18N5+. The van der Waals surface area contributed by atoms with E-state index >= 15 is 0 Å². The van der Waals surface area contributed by atoms with Crippen molar-refractivity contribution in [3.8, 4) is 0 Å². The van der Waals surface area contributed by atoms with Gasteiger partial charge in [-0.3, -0.25) is 0 Å². The number of aliphatic imine (C=N–C) groups is 1. The van der Waals surface area contributed by atoms with Crippen LogP contribution in [-0.2, 0) is 13.0 Å². The van der Waals surface area contributed by atoms with Gasteiger partial charge in [0.05, 0.1) is 13.2 Å². The van der Waals surface area contributed by atoms with Crippen molar-refractivity contribution >= 4 is 11.5 Å². The number of rotatable bonds is 4. The van der Waals surface area contributed by atoms with Gasteiger partial charge in [-0.1, -0.05) is 12.1 Å². The number of aromatic nitrogens is 2. The smallest absolute Gasteiger partial charge is 0.215 e. The van der Waals surface area contributed by atoms with Gasteiger partial charge in [0.25, 0.3) is 0 Å². The first-order valence-electron chi connectivity index (χ1n) is 6.58. The quantitative estimate of drug-likeness (QED) is 0.658. The van der Waals surface area contributed by atoms with E-state index in [0.29, 0.717) is 4.48 Å². The molecule has 0 radical (unpaired) electrons. The van der Waals surface area contributed by atoms with Crippen LogP contribution in [0.15, 0.2) is 54.1 Å². The van der Waals surface area contributed by atoms with Gasteiger partial charge < -0.3 is 10.7 Å². The van der Waals surface area contributed by atoms with E-state index in [-0.39, 0.29) is 0 Å². The Labute approximate surface area is 118 Å². The van der Waals surface area contributed by atoms with Gasteiger partial charge >= 0.3 is 0 Å². The topological polar surface area (TPSA) is 67.1 Å². The minimum Gasteiger partial charge on any atom is -0.399 e. The Bertz CT molecular complexity index is 657. The molecule has 20 heavy (non-hydrogen) atoms. The van der Waals surface area contributed by atoms with Crippen molar-refractivity contribution in [3.05, 3.63) is 60.4 Å². The molecule has 2 heterocycles. The molecule has 1 atom stereocenters. The van der Waals surface area contributed by atoms with Crippen molar-refractivity contribution < 1.29 is 4.48 Å². The molecule has 3 rings (SSSR count). The highest BCUT2D eigenvalue weighted by atomic mass is 15.4. The number of quaternary nitrogens is 1. The lowest BCUT2D eigenvalue weighted by atomic mass is 10.1. The highest BCUT2D eigenvalue weighted by Crippen LogP contribution is 2.21. The Morgan fingerprint density at radius 3 is 3.00 bits per heavy atom. The third-order valence-electron chi connectivity index (χ3n) is 3.55. The normalized spacial score (nSPS) is 21.1. The summed E-state index contributed by atoms with van der Waals surface area (Å²) in [5, 5.41) is 0. The zero-order valence-corrected chi connectivity index (χ0v) is 11.5. The van der Waals surface area contributed by atoms with Crippen molar-refractivity contribution in [3.63, 3.8) is 0 Å². The molecule has 1 aliphatic rings. The number of amidine groups is 1. The lowest BCUT2D eigenvalue weighted by Crippen LogP contribution is -2.42. The Balaban J connectivity index is 1.80. The number of likely N-dealkylation sites (N-methyl/N-ethyl adjacent to an activating group) is 1. The second kappa shape index (κ2) is 4.94. The Hall–Kier alpha value is -2.40. The van der Waals surface area contributed by atoms with Crippen molar-refractivity contribution in [1.82, 2.24) is 9.97 Å². The van der Waals surface area contributed by atoms with Crippen LogP contribution in [0, 0.1) is 0 Å². The largest absolute Gasteiger partial charge is 0.399 e. The molecule has 0 aliphatic carbocycles. The maximum atomic E-state index is 5.85. The van der Waals surface area contributed by atoms with Crippen LogP contribution in [0.3, 0.4) is 0 Å². The molecule has 2 aromatic rings. The first-order valence-corrected chi connectivity index (χ1v) is 6.58. The maximum Gasteiger partial charge on any atom is 0.215 e. The van der Waals surface area contributed by atoms with E-state index in [1.54, 1.807) is 6.20 Å². The zero-order valence-electron chi connectivity index (χ0n) is 11.5. The standard InChI is InChI=1S/C15H18N5/c1-20(11-12-3-2-4-13(16)9-12)8-7-19-15(20)10-14-17-5-6-18-14/h2-9H,10-11,16H2,1H3,(H,17,18)/q+1. The van der Waals surface area contributed by atoms with Gasteiger partial charge in [-0.05, 0) is 12.1 Å². The molecular weight excluding hydrogens is 250 g/mol. The number of imidazole rings is 1. The first-order chi connectivity index (χ1) is 9.66. The average Bonchev–Trinajstić information content (AvgIpc) is 3.01. The summed E-state index contributed by atoms with van der Waals surface area (Å²) in [6, 6.07) is 8.00. The SMILES string of the molecule is C[N+]1(Cc2cccc(N)c2)C=CN=C1Cc1ncc[nH]1. The number of H-pyrrole nitrogens is 1. The van der Waals surface area contributed by atoms with Crippen molar-refractivity contribution in [1.29, 1.82) is 0 Å². The summed E-state index contributed by atoms with van der Waals surface area (Å²) >= 11 is 0. The predicted molar refractivity (Wildman–Crippen MR) is 79.6 cm³/mol. The number of aromatic amines is 1. The monoisotopic (exact) mass is 268 g/mol. The average molecular weight is 268 g/mol. The summed E-state index contributed by atoms with van der Waals surface area (Å²) < 4.78 is 0.657. The van der Waals surface area contributed by atoms with Crippen LogP contribution in [0.4, 0.5) is 5.69 Å². The molecule has 5 nitrogen and oxygen atoms in total. The molecule has 0 amide bonds. The number of nitrogens with zero attached hydrogens (tertiary/aromatic N) is 3. The minimum absolute atomic E-state index is 0.657. The fourth-order valence-electron chi connectivity index (χ4n) is 2.47. The summed E-state index contributed by atoms with van der Waals surface area (Å²) in [6.45, 7) is 0.834. The van der Waals surface area contributed by atoms with E-state index in [1.165, 1.54) is 5.56 Å². The predicted octanol–water partition coefficient (Wildman–Crippen LogP) is 2.06. The van der Waals surface area contributed by atoms with Crippen molar-refractivity contribution in [2.24, 2.45) is 4.99 Å². The summed E-state index contributed by atoms with van der Waals surface area (Å²) in [7, 11) is 2.15. The summed E-state index contributed by atoms with van der Waals surface area (Å²) in [5.41, 5.74) is 7.84. The number of hydrogen-bond donors (Lipinski definition) is 2. The molecule has 0 spiro atoms. The lowest BCUT2D eigenvalue weighted by Gasteiger charge is -2.27. The van der Waals surface area contributed by atoms with Crippen LogP contribution in [0.25, 0.3) is 0 Å². The molecule has 1 aliphatic heterocycles. The third-order valence-corrected chi connectivity index (χ3v) is 3.55. The number of anilines is 1. The van der Waals surface area contributed by atoms with E-state index in [2.05, 4.69) is 34.3 Å². The van der Waals surface area contributed by atoms with Crippen LogP contribution in [-0.4, -0.2) is 27.3 Å². The van der Waals surface area contributed by atoms with Gasteiger partial charge in [-0.15, -0.1) is 0 Å². The molecule has 5 heteroatoms. The highest BCUT2D eigenvalue weighted by Gasteiger charge is 2.31. The van der Waals surface area contributed by atoms with E-state index in [4.69, 9.17) is 5.73 Å². The van der Waals surface area contributed by atoms with Crippen molar-refractivity contribution in [2.45, 2.75) is 13.0 Å². The fourth-order valence-corrected chi connectivity index (χ4v) is 2.47. The van der Waals surface area contributed by atoms with Gasteiger partial charge in [0, 0.05) is 23.6 Å². The highest BCUT2D eigenvalue weighted by molar-refractivity contribution is 5.79. The Kier molecular flexibility index (Phi) is 3.12. The van der Waals surface area contributed by atoms with Gasteiger partial charge in [-0.25, -0.2) is 14.5 Å². The minimum atomic E-state index is 0.657.